The van der Waals surface area contributed by atoms with Crippen molar-refractivity contribution < 1.29 is 27.4 Å². The SMILES string of the molecule is CCN(C)CCOCC1CCC(N(C)C(=O)COCCN(C)S(=O)(=O)c2c(C)cc(OC)cc2C)CC1. The molecule has 9 nitrogen and oxygen atoms in total. The predicted molar refractivity (Wildman–Crippen MR) is 146 cm³/mol. The van der Waals surface area contributed by atoms with Crippen molar-refractivity contribution in [2.24, 2.45) is 5.92 Å². The summed E-state index contributed by atoms with van der Waals surface area (Å²) in [5.74, 6) is 1.10. The number of methoxy groups -OCH3 is 1. The van der Waals surface area contributed by atoms with Crippen LogP contribution in [-0.4, -0.2) is 109 Å². The van der Waals surface area contributed by atoms with E-state index in [0.717, 1.165) is 52.0 Å². The zero-order valence-corrected chi connectivity index (χ0v) is 24.6. The first-order valence-corrected chi connectivity index (χ1v) is 14.7. The first-order chi connectivity index (χ1) is 17.5. The van der Waals surface area contributed by atoms with Gasteiger partial charge in [-0.05, 0) is 82.3 Å². The maximum atomic E-state index is 13.1. The van der Waals surface area contributed by atoms with Gasteiger partial charge in [0.15, 0.2) is 0 Å². The maximum Gasteiger partial charge on any atom is 0.248 e. The Hall–Kier alpha value is -1.72. The van der Waals surface area contributed by atoms with Crippen molar-refractivity contribution >= 4 is 15.9 Å². The standard InChI is InChI=1S/C27H47N3O6S/c1-8-28(4)13-15-35-19-23-9-11-24(12-10-23)30(6)26(31)20-36-16-14-29(5)37(32,33)27-21(2)17-25(34-7)18-22(27)3/h17-18,23-24H,8-16,19-20H2,1-7H3. The molecule has 212 valence electrons. The van der Waals surface area contributed by atoms with Gasteiger partial charge in [0.05, 0.1) is 25.2 Å². The second-order valence-corrected chi connectivity index (χ2v) is 12.1. The van der Waals surface area contributed by atoms with Crippen LogP contribution in [0.2, 0.25) is 0 Å². The number of ether oxygens (including phenoxy) is 3. The summed E-state index contributed by atoms with van der Waals surface area (Å²) in [5.41, 5.74) is 1.26. The van der Waals surface area contributed by atoms with E-state index in [4.69, 9.17) is 14.2 Å². The molecule has 0 N–H and O–H groups in total. The van der Waals surface area contributed by atoms with Gasteiger partial charge >= 0.3 is 0 Å². The second-order valence-electron chi connectivity index (χ2n) is 10.1. The number of amides is 1. The molecule has 37 heavy (non-hydrogen) atoms. The van der Waals surface area contributed by atoms with Gasteiger partial charge < -0.3 is 24.0 Å². The fourth-order valence-corrected chi connectivity index (χ4v) is 6.25. The van der Waals surface area contributed by atoms with Crippen molar-refractivity contribution in [3.8, 4) is 5.75 Å². The Morgan fingerprint density at radius 2 is 1.57 bits per heavy atom. The largest absolute Gasteiger partial charge is 0.497 e. The number of carbonyl (C=O) groups is 1. The van der Waals surface area contributed by atoms with Gasteiger partial charge in [0.1, 0.15) is 12.4 Å². The molecule has 1 aromatic rings. The zero-order valence-electron chi connectivity index (χ0n) is 23.8. The molecule has 0 aromatic heterocycles. The molecule has 1 fully saturated rings. The van der Waals surface area contributed by atoms with E-state index >= 15 is 0 Å². The summed E-state index contributed by atoms with van der Waals surface area (Å²) < 4.78 is 44.2. The molecular formula is C27H47N3O6S. The zero-order chi connectivity index (χ0) is 27.6. The number of carbonyl (C=O) groups excluding carboxylic acids is 1. The monoisotopic (exact) mass is 541 g/mol. The molecule has 0 unspecified atom stereocenters. The Kier molecular flexibility index (Phi) is 12.8. The van der Waals surface area contributed by atoms with Crippen molar-refractivity contribution in [2.75, 3.05) is 74.3 Å². The number of aryl methyl sites for hydroxylation is 2. The van der Waals surface area contributed by atoms with Crippen molar-refractivity contribution in [1.82, 2.24) is 14.1 Å². The Balaban J connectivity index is 1.72. The van der Waals surface area contributed by atoms with E-state index in [1.807, 2.05) is 7.05 Å². The van der Waals surface area contributed by atoms with E-state index in [2.05, 4.69) is 18.9 Å². The van der Waals surface area contributed by atoms with Gasteiger partial charge in [-0.2, -0.15) is 4.31 Å². The highest BCUT2D eigenvalue weighted by Gasteiger charge is 2.28. The van der Waals surface area contributed by atoms with Crippen LogP contribution in [0.4, 0.5) is 0 Å². The first kappa shape index (κ1) is 31.5. The van der Waals surface area contributed by atoms with Crippen LogP contribution in [0.25, 0.3) is 0 Å². The average Bonchev–Trinajstić information content (AvgIpc) is 2.87. The fraction of sp³-hybridized carbons (Fsp3) is 0.741. The molecule has 0 aliphatic heterocycles. The number of hydrogen-bond acceptors (Lipinski definition) is 7. The minimum atomic E-state index is -3.69. The van der Waals surface area contributed by atoms with E-state index in [0.29, 0.717) is 22.8 Å². The Labute approximate surface area is 224 Å². The van der Waals surface area contributed by atoms with Gasteiger partial charge in [0.2, 0.25) is 15.9 Å². The van der Waals surface area contributed by atoms with Crippen LogP contribution in [0, 0.1) is 19.8 Å². The van der Waals surface area contributed by atoms with Crippen LogP contribution in [0.5, 0.6) is 5.75 Å². The van der Waals surface area contributed by atoms with Gasteiger partial charge in [-0.25, -0.2) is 8.42 Å². The summed E-state index contributed by atoms with van der Waals surface area (Å²) in [6.07, 6.45) is 4.04. The van der Waals surface area contributed by atoms with Crippen LogP contribution >= 0.6 is 0 Å². The molecule has 1 saturated carbocycles. The quantitative estimate of drug-likeness (QED) is 0.316. The average molecular weight is 542 g/mol. The molecule has 1 aliphatic rings. The lowest BCUT2D eigenvalue weighted by molar-refractivity contribution is -0.137. The number of hydrogen-bond donors (Lipinski definition) is 0. The smallest absolute Gasteiger partial charge is 0.248 e. The van der Waals surface area contributed by atoms with E-state index in [1.165, 1.54) is 11.4 Å². The van der Waals surface area contributed by atoms with Gasteiger partial charge in [-0.3, -0.25) is 4.79 Å². The van der Waals surface area contributed by atoms with Gasteiger partial charge in [0, 0.05) is 39.8 Å². The summed E-state index contributed by atoms with van der Waals surface area (Å²) in [6.45, 7) is 9.42. The molecule has 0 radical (unpaired) electrons. The van der Waals surface area contributed by atoms with Crippen molar-refractivity contribution in [1.29, 1.82) is 0 Å². The topological polar surface area (TPSA) is 88.6 Å². The number of benzene rings is 1. The predicted octanol–water partition coefficient (Wildman–Crippen LogP) is 2.93. The molecule has 1 aliphatic carbocycles. The van der Waals surface area contributed by atoms with Gasteiger partial charge in [-0.15, -0.1) is 0 Å². The molecule has 0 spiro atoms. The van der Waals surface area contributed by atoms with Crippen molar-refractivity contribution in [2.45, 2.75) is 57.4 Å². The van der Waals surface area contributed by atoms with Crippen LogP contribution in [0.3, 0.4) is 0 Å². The van der Waals surface area contributed by atoms with Crippen molar-refractivity contribution in [3.05, 3.63) is 23.3 Å². The summed E-state index contributed by atoms with van der Waals surface area (Å²) in [5, 5.41) is 0. The summed E-state index contributed by atoms with van der Waals surface area (Å²) >= 11 is 0. The minimum Gasteiger partial charge on any atom is -0.497 e. The van der Waals surface area contributed by atoms with Crippen LogP contribution in [0.15, 0.2) is 17.0 Å². The normalized spacial score (nSPS) is 18.4. The molecule has 0 saturated heterocycles. The second kappa shape index (κ2) is 15.0. The lowest BCUT2D eigenvalue weighted by Gasteiger charge is -2.34. The first-order valence-electron chi connectivity index (χ1n) is 13.2. The third-order valence-electron chi connectivity index (χ3n) is 7.38. The van der Waals surface area contributed by atoms with Crippen LogP contribution in [-0.2, 0) is 24.3 Å². The van der Waals surface area contributed by atoms with E-state index in [-0.39, 0.29) is 36.6 Å². The van der Waals surface area contributed by atoms with Crippen LogP contribution < -0.4 is 4.74 Å². The highest BCUT2D eigenvalue weighted by Crippen LogP contribution is 2.28. The van der Waals surface area contributed by atoms with E-state index in [9.17, 15) is 13.2 Å². The third kappa shape index (κ3) is 9.21. The molecule has 10 heteroatoms. The summed E-state index contributed by atoms with van der Waals surface area (Å²) in [4.78, 5) is 17.0. The fourth-order valence-electron chi connectivity index (χ4n) is 4.70. The summed E-state index contributed by atoms with van der Waals surface area (Å²) in [7, 11) is 3.32. The molecule has 0 heterocycles. The number of likely N-dealkylation sites (N-methyl/N-ethyl adjacent to an activating group) is 3. The molecule has 2 rings (SSSR count). The highest BCUT2D eigenvalue weighted by molar-refractivity contribution is 7.89. The highest BCUT2D eigenvalue weighted by atomic mass is 32.2. The molecule has 0 bridgehead atoms. The Morgan fingerprint density at radius 3 is 2.14 bits per heavy atom. The Bertz CT molecular complexity index is 940. The Morgan fingerprint density at radius 1 is 0.973 bits per heavy atom. The van der Waals surface area contributed by atoms with Gasteiger partial charge in [-0.1, -0.05) is 6.92 Å². The summed E-state index contributed by atoms with van der Waals surface area (Å²) in [6, 6.07) is 3.64. The molecule has 0 atom stereocenters. The number of rotatable bonds is 15. The molecule has 1 aromatic carbocycles. The van der Waals surface area contributed by atoms with Crippen LogP contribution in [0.1, 0.15) is 43.7 Å². The van der Waals surface area contributed by atoms with E-state index < -0.39 is 10.0 Å². The number of sulfonamides is 1. The molecular weight excluding hydrogens is 494 g/mol. The van der Waals surface area contributed by atoms with Gasteiger partial charge in [0.25, 0.3) is 0 Å². The molecule has 1 amide bonds. The lowest BCUT2D eigenvalue weighted by atomic mass is 9.86. The van der Waals surface area contributed by atoms with E-state index in [1.54, 1.807) is 38.0 Å². The lowest BCUT2D eigenvalue weighted by Crippen LogP contribution is -2.42. The minimum absolute atomic E-state index is 0.0566. The number of nitrogens with zero attached hydrogens (tertiary/aromatic N) is 3. The van der Waals surface area contributed by atoms with Crippen molar-refractivity contribution in [3.63, 3.8) is 0 Å². The third-order valence-corrected chi connectivity index (χ3v) is 9.55. The maximum absolute atomic E-state index is 13.1.